The van der Waals surface area contributed by atoms with Gasteiger partial charge in [0.05, 0.1) is 5.56 Å². The number of nitrogen functional groups attached to an aromatic ring is 1. The van der Waals surface area contributed by atoms with Crippen molar-refractivity contribution in [2.75, 3.05) is 25.9 Å². The van der Waals surface area contributed by atoms with Crippen LogP contribution in [-0.4, -0.2) is 43.3 Å². The van der Waals surface area contributed by atoms with Crippen LogP contribution in [0.25, 0.3) is 0 Å². The molecule has 22 heavy (non-hydrogen) atoms. The lowest BCUT2D eigenvalue weighted by atomic mass is 10.1. The molecular weight excluding hydrogens is 291 g/mol. The SMILES string of the molecule is CNC(=O)N(/C=C(/F)C=O)CCNC(=O)c1ccccc1N. The molecule has 0 atom stereocenters. The van der Waals surface area contributed by atoms with Crippen LogP contribution < -0.4 is 16.4 Å². The summed E-state index contributed by atoms with van der Waals surface area (Å²) in [5, 5.41) is 4.86. The van der Waals surface area contributed by atoms with Gasteiger partial charge in [0.15, 0.2) is 12.1 Å². The summed E-state index contributed by atoms with van der Waals surface area (Å²) in [6.45, 7) is 0.0443. The van der Waals surface area contributed by atoms with Crippen LogP contribution in [0.4, 0.5) is 14.9 Å². The number of nitrogens with two attached hydrogens (primary N) is 1. The summed E-state index contributed by atoms with van der Waals surface area (Å²) in [7, 11) is 1.37. The molecule has 3 amide bonds. The molecule has 0 bridgehead atoms. The van der Waals surface area contributed by atoms with Crippen molar-refractivity contribution in [2.45, 2.75) is 0 Å². The number of para-hydroxylation sites is 1. The van der Waals surface area contributed by atoms with Gasteiger partial charge in [-0.25, -0.2) is 9.18 Å². The Bertz CT molecular complexity index is 589. The van der Waals surface area contributed by atoms with Gasteiger partial charge in [-0.05, 0) is 12.1 Å². The van der Waals surface area contributed by atoms with Crippen molar-refractivity contribution in [2.24, 2.45) is 0 Å². The van der Waals surface area contributed by atoms with E-state index in [2.05, 4.69) is 10.6 Å². The van der Waals surface area contributed by atoms with Crippen molar-refractivity contribution in [1.82, 2.24) is 15.5 Å². The molecule has 0 fully saturated rings. The van der Waals surface area contributed by atoms with E-state index < -0.39 is 17.8 Å². The molecule has 0 saturated heterocycles. The summed E-state index contributed by atoms with van der Waals surface area (Å²) < 4.78 is 13.0. The van der Waals surface area contributed by atoms with Gasteiger partial charge < -0.3 is 16.4 Å². The van der Waals surface area contributed by atoms with E-state index >= 15 is 0 Å². The van der Waals surface area contributed by atoms with Gasteiger partial charge in [0.1, 0.15) is 0 Å². The monoisotopic (exact) mass is 308 g/mol. The van der Waals surface area contributed by atoms with Crippen LogP contribution in [-0.2, 0) is 4.79 Å². The Morgan fingerprint density at radius 3 is 2.64 bits per heavy atom. The van der Waals surface area contributed by atoms with Crippen LogP contribution >= 0.6 is 0 Å². The predicted octanol–water partition coefficient (Wildman–Crippen LogP) is 0.650. The number of carbonyl (C=O) groups is 3. The second-order valence-electron chi connectivity index (χ2n) is 4.22. The predicted molar refractivity (Wildman–Crippen MR) is 79.6 cm³/mol. The standard InChI is InChI=1S/C14H17FN4O3/c1-17-14(22)19(8-10(15)9-20)7-6-18-13(21)11-4-2-3-5-12(11)16/h2-5,8-9H,6-7,16H2,1H3,(H,17,22)(H,18,21)/b10-8+. The van der Waals surface area contributed by atoms with Gasteiger partial charge in [-0.15, -0.1) is 0 Å². The molecule has 1 rings (SSSR count). The molecular formula is C14H17FN4O3. The van der Waals surface area contributed by atoms with E-state index in [0.717, 1.165) is 11.1 Å². The fraction of sp³-hybridized carbons (Fsp3) is 0.214. The van der Waals surface area contributed by atoms with E-state index in [1.165, 1.54) is 7.05 Å². The number of carbonyl (C=O) groups excluding carboxylic acids is 3. The normalized spacial score (nSPS) is 10.7. The van der Waals surface area contributed by atoms with Crippen molar-refractivity contribution in [3.63, 3.8) is 0 Å². The number of allylic oxidation sites excluding steroid dienone is 1. The third-order valence-electron chi connectivity index (χ3n) is 2.71. The lowest BCUT2D eigenvalue weighted by Gasteiger charge is -2.18. The number of hydrogen-bond acceptors (Lipinski definition) is 4. The van der Waals surface area contributed by atoms with Crippen molar-refractivity contribution in [1.29, 1.82) is 0 Å². The summed E-state index contributed by atoms with van der Waals surface area (Å²) in [4.78, 5) is 34.6. The van der Waals surface area contributed by atoms with Crippen LogP contribution in [0, 0.1) is 0 Å². The molecule has 0 radical (unpaired) electrons. The van der Waals surface area contributed by atoms with Crippen LogP contribution in [0.2, 0.25) is 0 Å². The van der Waals surface area contributed by atoms with E-state index in [0.29, 0.717) is 11.3 Å². The van der Waals surface area contributed by atoms with Crippen LogP contribution in [0.15, 0.2) is 36.3 Å². The number of hydrogen-bond donors (Lipinski definition) is 3. The van der Waals surface area contributed by atoms with Crippen molar-refractivity contribution in [3.8, 4) is 0 Å². The first-order valence-corrected chi connectivity index (χ1v) is 6.43. The highest BCUT2D eigenvalue weighted by molar-refractivity contribution is 5.99. The number of aldehydes is 1. The van der Waals surface area contributed by atoms with Gasteiger partial charge in [-0.3, -0.25) is 14.5 Å². The number of urea groups is 1. The molecule has 8 heteroatoms. The zero-order valence-electron chi connectivity index (χ0n) is 12.0. The molecule has 0 heterocycles. The van der Waals surface area contributed by atoms with Gasteiger partial charge in [0.2, 0.25) is 0 Å². The highest BCUT2D eigenvalue weighted by atomic mass is 19.1. The number of nitrogens with one attached hydrogen (secondary N) is 2. The van der Waals surface area contributed by atoms with Crippen molar-refractivity contribution in [3.05, 3.63) is 41.9 Å². The first-order valence-electron chi connectivity index (χ1n) is 6.43. The zero-order chi connectivity index (χ0) is 16.5. The molecule has 118 valence electrons. The summed E-state index contributed by atoms with van der Waals surface area (Å²) in [5.74, 6) is -1.50. The Hall–Kier alpha value is -2.90. The fourth-order valence-corrected chi connectivity index (χ4v) is 1.64. The Balaban J connectivity index is 2.63. The molecule has 4 N–H and O–H groups in total. The minimum atomic E-state index is -1.10. The molecule has 0 aliphatic rings. The summed E-state index contributed by atoms with van der Waals surface area (Å²) in [6.07, 6.45) is 0.744. The molecule has 0 aromatic heterocycles. The summed E-state index contributed by atoms with van der Waals surface area (Å²) >= 11 is 0. The number of benzene rings is 1. The van der Waals surface area contributed by atoms with Crippen LogP contribution in [0.3, 0.4) is 0 Å². The van der Waals surface area contributed by atoms with Crippen LogP contribution in [0.5, 0.6) is 0 Å². The molecule has 0 unspecified atom stereocenters. The lowest BCUT2D eigenvalue weighted by Crippen LogP contribution is -2.40. The smallest absolute Gasteiger partial charge is 0.321 e. The average molecular weight is 308 g/mol. The topological polar surface area (TPSA) is 105 Å². The van der Waals surface area contributed by atoms with Gasteiger partial charge >= 0.3 is 6.03 Å². The van der Waals surface area contributed by atoms with Gasteiger partial charge in [-0.1, -0.05) is 12.1 Å². The summed E-state index contributed by atoms with van der Waals surface area (Å²) in [5.41, 5.74) is 6.31. The number of halogens is 1. The van der Waals surface area contributed by atoms with E-state index in [1.54, 1.807) is 24.3 Å². The third-order valence-corrected chi connectivity index (χ3v) is 2.71. The molecule has 1 aromatic rings. The second-order valence-corrected chi connectivity index (χ2v) is 4.22. The molecule has 0 aliphatic heterocycles. The summed E-state index contributed by atoms with van der Waals surface area (Å²) in [6, 6.07) is 5.92. The Morgan fingerprint density at radius 1 is 1.36 bits per heavy atom. The van der Waals surface area contributed by atoms with E-state index in [-0.39, 0.29) is 19.4 Å². The van der Waals surface area contributed by atoms with Crippen molar-refractivity contribution < 1.29 is 18.8 Å². The highest BCUT2D eigenvalue weighted by Crippen LogP contribution is 2.09. The minimum Gasteiger partial charge on any atom is -0.398 e. The maximum atomic E-state index is 13.0. The quantitative estimate of drug-likeness (QED) is 0.408. The molecule has 1 aromatic carbocycles. The zero-order valence-corrected chi connectivity index (χ0v) is 12.0. The minimum absolute atomic E-state index is 0.0145. The second kappa shape index (κ2) is 8.40. The molecule has 0 saturated carbocycles. The Morgan fingerprint density at radius 2 is 2.05 bits per heavy atom. The number of nitrogens with zero attached hydrogens (tertiary/aromatic N) is 1. The maximum Gasteiger partial charge on any atom is 0.321 e. The molecule has 7 nitrogen and oxygen atoms in total. The van der Waals surface area contributed by atoms with E-state index in [9.17, 15) is 18.8 Å². The number of rotatable bonds is 6. The van der Waals surface area contributed by atoms with Crippen LogP contribution in [0.1, 0.15) is 10.4 Å². The van der Waals surface area contributed by atoms with Gasteiger partial charge in [0, 0.05) is 32.0 Å². The first kappa shape index (κ1) is 17.2. The molecule has 0 spiro atoms. The first-order chi connectivity index (χ1) is 10.5. The Labute approximate surface area is 127 Å². The maximum absolute atomic E-state index is 13.0. The van der Waals surface area contributed by atoms with E-state index in [4.69, 9.17) is 5.73 Å². The average Bonchev–Trinajstić information content (AvgIpc) is 2.53. The third kappa shape index (κ3) is 4.89. The Kier molecular flexibility index (Phi) is 6.55. The fourth-order valence-electron chi connectivity index (χ4n) is 1.64. The number of amides is 3. The van der Waals surface area contributed by atoms with Crippen molar-refractivity contribution >= 4 is 23.9 Å². The highest BCUT2D eigenvalue weighted by Gasteiger charge is 2.12. The van der Waals surface area contributed by atoms with Gasteiger partial charge in [0.25, 0.3) is 5.91 Å². The van der Waals surface area contributed by atoms with E-state index in [1.807, 2.05) is 0 Å². The number of anilines is 1. The van der Waals surface area contributed by atoms with Gasteiger partial charge in [-0.2, -0.15) is 0 Å². The largest absolute Gasteiger partial charge is 0.398 e. The lowest BCUT2D eigenvalue weighted by molar-refractivity contribution is -0.106. The molecule has 0 aliphatic carbocycles.